The lowest BCUT2D eigenvalue weighted by molar-refractivity contribution is 0.0596. The maximum absolute atomic E-state index is 12.1. The minimum atomic E-state index is -3.98. The summed E-state index contributed by atoms with van der Waals surface area (Å²) in [5, 5.41) is 13.3. The molecular weight excluding hydrogens is 364 g/mol. The molecule has 0 saturated heterocycles. The highest BCUT2D eigenvalue weighted by atomic mass is 35.5. The van der Waals surface area contributed by atoms with Gasteiger partial charge in [-0.25, -0.2) is 17.9 Å². The number of aryl methyl sites for hydroxylation is 1. The predicted octanol–water partition coefficient (Wildman–Crippen LogP) is 2.54. The molecule has 2 rings (SSSR count). The van der Waals surface area contributed by atoms with E-state index in [1.807, 2.05) is 11.6 Å². The first kappa shape index (κ1) is 19.2. The highest BCUT2D eigenvalue weighted by Crippen LogP contribution is 2.21. The van der Waals surface area contributed by atoms with Gasteiger partial charge in [-0.15, -0.1) is 0 Å². The summed E-state index contributed by atoms with van der Waals surface area (Å²) in [7, 11) is -3.98. The molecule has 0 radical (unpaired) electrons. The monoisotopic (exact) mass is 382 g/mol. The maximum Gasteiger partial charge on any atom is 0.328 e. The van der Waals surface area contributed by atoms with Crippen molar-refractivity contribution >= 4 is 27.7 Å². The van der Waals surface area contributed by atoms with Gasteiger partial charge in [0.05, 0.1) is 11.4 Å². The third-order valence-corrected chi connectivity index (χ3v) is 5.22. The Hall–Kier alpha value is -2.09. The average molecular weight is 383 g/mol. The van der Waals surface area contributed by atoms with Crippen molar-refractivity contribution in [3.8, 4) is 0 Å². The van der Waals surface area contributed by atoms with Crippen LogP contribution in [-0.2, 0) is 15.6 Å². The molecule has 0 aliphatic carbocycles. The molecule has 3 N–H and O–H groups in total. The normalized spacial score (nSPS) is 13.8. The van der Waals surface area contributed by atoms with E-state index in [4.69, 9.17) is 11.6 Å². The van der Waals surface area contributed by atoms with Gasteiger partial charge in [0.1, 0.15) is 5.60 Å². The molecule has 0 aliphatic heterocycles. The zero-order chi connectivity index (χ0) is 18.7. The Labute approximate surface area is 151 Å². The molecule has 2 aromatic rings. The van der Waals surface area contributed by atoms with Crippen LogP contribution in [0.25, 0.3) is 0 Å². The molecule has 0 saturated carbocycles. The summed E-state index contributed by atoms with van der Waals surface area (Å²) in [4.78, 5) is 11.9. The molecule has 2 aromatic carbocycles. The summed E-state index contributed by atoms with van der Waals surface area (Å²) < 4.78 is 26.2. The van der Waals surface area contributed by atoms with Crippen molar-refractivity contribution in [1.82, 2.24) is 10.0 Å². The molecule has 1 atom stereocenters. The van der Waals surface area contributed by atoms with E-state index in [1.165, 1.54) is 19.1 Å². The smallest absolute Gasteiger partial charge is 0.328 e. The number of carbonyl (C=O) groups is 1. The molecular formula is C17H19ClN2O4S. The van der Waals surface area contributed by atoms with Gasteiger partial charge in [-0.2, -0.15) is 0 Å². The van der Waals surface area contributed by atoms with Crippen LogP contribution in [-0.4, -0.2) is 26.1 Å². The highest BCUT2D eigenvalue weighted by molar-refractivity contribution is 7.90. The lowest BCUT2D eigenvalue weighted by Crippen LogP contribution is -2.45. The van der Waals surface area contributed by atoms with Crippen molar-refractivity contribution in [2.75, 3.05) is 6.54 Å². The number of amides is 2. The summed E-state index contributed by atoms with van der Waals surface area (Å²) in [6.07, 6.45) is 0. The molecule has 2 amide bonds. The number of halogens is 1. The lowest BCUT2D eigenvalue weighted by atomic mass is 9.96. The summed E-state index contributed by atoms with van der Waals surface area (Å²) in [6, 6.07) is 11.7. The number of hydrogen-bond acceptors (Lipinski definition) is 4. The fourth-order valence-corrected chi connectivity index (χ4v) is 3.15. The summed E-state index contributed by atoms with van der Waals surface area (Å²) in [6.45, 7) is 3.16. The van der Waals surface area contributed by atoms with E-state index in [0.717, 1.165) is 5.56 Å². The molecule has 25 heavy (non-hydrogen) atoms. The van der Waals surface area contributed by atoms with Gasteiger partial charge in [-0.3, -0.25) is 0 Å². The number of benzene rings is 2. The first-order valence-corrected chi connectivity index (χ1v) is 9.32. The first-order chi connectivity index (χ1) is 11.6. The van der Waals surface area contributed by atoms with Gasteiger partial charge < -0.3 is 10.4 Å². The van der Waals surface area contributed by atoms with E-state index in [-0.39, 0.29) is 11.4 Å². The van der Waals surface area contributed by atoms with E-state index < -0.39 is 21.7 Å². The Morgan fingerprint density at radius 2 is 1.68 bits per heavy atom. The van der Waals surface area contributed by atoms with Gasteiger partial charge in [-0.1, -0.05) is 41.4 Å². The number of hydrogen-bond donors (Lipinski definition) is 3. The highest BCUT2D eigenvalue weighted by Gasteiger charge is 2.25. The standard InChI is InChI=1S/C17H19ClN2O4S/c1-12-3-9-15(10-4-12)25(23,24)20-16(21)19-11-17(2,22)13-5-7-14(18)8-6-13/h3-10,22H,11H2,1-2H3,(H2,19,20,21). The van der Waals surface area contributed by atoms with Crippen molar-refractivity contribution in [2.24, 2.45) is 0 Å². The Kier molecular flexibility index (Phi) is 5.72. The molecule has 1 unspecified atom stereocenters. The first-order valence-electron chi connectivity index (χ1n) is 7.46. The lowest BCUT2D eigenvalue weighted by Gasteiger charge is -2.24. The fraction of sp³-hybridized carbons (Fsp3) is 0.235. The predicted molar refractivity (Wildman–Crippen MR) is 95.9 cm³/mol. The van der Waals surface area contributed by atoms with E-state index in [1.54, 1.807) is 36.4 Å². The Morgan fingerprint density at radius 1 is 1.12 bits per heavy atom. The maximum atomic E-state index is 12.1. The largest absolute Gasteiger partial charge is 0.384 e. The second-order valence-electron chi connectivity index (χ2n) is 5.88. The molecule has 8 heteroatoms. The number of urea groups is 1. The van der Waals surface area contributed by atoms with Crippen LogP contribution in [0.3, 0.4) is 0 Å². The number of aliphatic hydroxyl groups is 1. The van der Waals surface area contributed by atoms with Gasteiger partial charge in [0.2, 0.25) is 0 Å². The Morgan fingerprint density at radius 3 is 2.24 bits per heavy atom. The van der Waals surface area contributed by atoms with E-state index in [0.29, 0.717) is 10.6 Å². The molecule has 6 nitrogen and oxygen atoms in total. The Balaban J connectivity index is 2.00. The second kappa shape index (κ2) is 7.43. The van der Waals surface area contributed by atoms with Gasteiger partial charge >= 0.3 is 6.03 Å². The SMILES string of the molecule is Cc1ccc(S(=O)(=O)NC(=O)NCC(C)(O)c2ccc(Cl)cc2)cc1. The third kappa shape index (κ3) is 5.19. The zero-order valence-corrected chi connectivity index (χ0v) is 15.4. The van der Waals surface area contributed by atoms with Gasteiger partial charge in [0.15, 0.2) is 0 Å². The van der Waals surface area contributed by atoms with Crippen LogP contribution in [0.1, 0.15) is 18.1 Å². The molecule has 0 bridgehead atoms. The van der Waals surface area contributed by atoms with Crippen molar-refractivity contribution in [3.05, 3.63) is 64.7 Å². The summed E-state index contributed by atoms with van der Waals surface area (Å²) in [5.74, 6) is 0. The molecule has 134 valence electrons. The van der Waals surface area contributed by atoms with E-state index in [2.05, 4.69) is 5.32 Å². The topological polar surface area (TPSA) is 95.5 Å². The Bertz CT molecular complexity index is 847. The van der Waals surface area contributed by atoms with E-state index in [9.17, 15) is 18.3 Å². The molecule has 0 fully saturated rings. The van der Waals surface area contributed by atoms with E-state index >= 15 is 0 Å². The fourth-order valence-electron chi connectivity index (χ4n) is 2.10. The van der Waals surface area contributed by atoms with Crippen molar-refractivity contribution in [2.45, 2.75) is 24.3 Å². The molecule has 0 heterocycles. The van der Waals surface area contributed by atoms with Gasteiger partial charge in [0.25, 0.3) is 10.0 Å². The van der Waals surface area contributed by atoms with Gasteiger partial charge in [-0.05, 0) is 43.7 Å². The van der Waals surface area contributed by atoms with Crippen LogP contribution < -0.4 is 10.0 Å². The minimum Gasteiger partial charge on any atom is -0.384 e. The second-order valence-corrected chi connectivity index (χ2v) is 8.00. The zero-order valence-electron chi connectivity index (χ0n) is 13.8. The average Bonchev–Trinajstić information content (AvgIpc) is 2.53. The van der Waals surface area contributed by atoms with Crippen LogP contribution >= 0.6 is 11.6 Å². The molecule has 0 spiro atoms. The van der Waals surface area contributed by atoms with Crippen LogP contribution in [0.5, 0.6) is 0 Å². The summed E-state index contributed by atoms with van der Waals surface area (Å²) >= 11 is 5.80. The van der Waals surface area contributed by atoms with Crippen LogP contribution in [0, 0.1) is 6.92 Å². The molecule has 0 aliphatic rings. The van der Waals surface area contributed by atoms with Crippen molar-refractivity contribution in [3.63, 3.8) is 0 Å². The molecule has 0 aromatic heterocycles. The van der Waals surface area contributed by atoms with Crippen LogP contribution in [0.15, 0.2) is 53.4 Å². The number of nitrogens with one attached hydrogen (secondary N) is 2. The van der Waals surface area contributed by atoms with Crippen molar-refractivity contribution in [1.29, 1.82) is 0 Å². The quantitative estimate of drug-likeness (QED) is 0.740. The summed E-state index contributed by atoms with van der Waals surface area (Å²) in [5.41, 5.74) is 0.0660. The minimum absolute atomic E-state index is 0.0160. The third-order valence-electron chi connectivity index (χ3n) is 3.62. The van der Waals surface area contributed by atoms with Crippen LogP contribution in [0.4, 0.5) is 4.79 Å². The number of sulfonamides is 1. The number of carbonyl (C=O) groups excluding carboxylic acids is 1. The van der Waals surface area contributed by atoms with Crippen LogP contribution in [0.2, 0.25) is 5.02 Å². The van der Waals surface area contributed by atoms with Gasteiger partial charge in [0, 0.05) is 5.02 Å². The number of rotatable bonds is 5. The van der Waals surface area contributed by atoms with Crippen molar-refractivity contribution < 1.29 is 18.3 Å².